The molecule has 23 heavy (non-hydrogen) atoms. The normalized spacial score (nSPS) is 19.7. The Bertz CT molecular complexity index is 626. The first-order chi connectivity index (χ1) is 10.7. The first-order valence-electron chi connectivity index (χ1n) is 7.81. The highest BCUT2D eigenvalue weighted by molar-refractivity contribution is 14.0. The summed E-state index contributed by atoms with van der Waals surface area (Å²) >= 11 is 0. The van der Waals surface area contributed by atoms with Crippen molar-refractivity contribution in [1.82, 2.24) is 10.2 Å². The zero-order chi connectivity index (χ0) is 15.4. The van der Waals surface area contributed by atoms with Gasteiger partial charge < -0.3 is 10.2 Å². The van der Waals surface area contributed by atoms with E-state index in [0.717, 1.165) is 5.96 Å². The number of hydrogen-bond donors (Lipinski definition) is 1. The molecule has 0 aromatic heterocycles. The number of nitrogens with zero attached hydrogens (tertiary/aromatic N) is 2. The van der Waals surface area contributed by atoms with Crippen molar-refractivity contribution in [2.24, 2.45) is 4.99 Å². The molecule has 0 bridgehead atoms. The fourth-order valence-electron chi connectivity index (χ4n) is 2.65. The summed E-state index contributed by atoms with van der Waals surface area (Å²) in [6.07, 6.45) is 1.18. The lowest BCUT2D eigenvalue weighted by molar-refractivity contribution is 0.576. The van der Waals surface area contributed by atoms with E-state index in [-0.39, 0.29) is 24.0 Å². The van der Waals surface area contributed by atoms with Crippen molar-refractivity contribution in [3.8, 4) is 0 Å². The van der Waals surface area contributed by atoms with Crippen LogP contribution in [0.25, 0.3) is 0 Å². The zero-order valence-electron chi connectivity index (χ0n) is 13.6. The Morgan fingerprint density at radius 3 is 2.26 bits per heavy atom. The van der Waals surface area contributed by atoms with Gasteiger partial charge in [-0.2, -0.15) is 0 Å². The van der Waals surface area contributed by atoms with E-state index in [9.17, 15) is 0 Å². The Balaban J connectivity index is 0.00000192. The van der Waals surface area contributed by atoms with Crippen LogP contribution in [-0.2, 0) is 6.54 Å². The average Bonchev–Trinajstić information content (AvgIpc) is 3.32. The standard InChI is InChI=1S/C19H23N3.HI/c1-22(2)19(20-14-15-9-5-3-6-10-15)21-18-13-17(18)16-11-7-4-8-12-16;/h3-12,17-18H,13-14H2,1-2H3,(H,20,21);1H. The molecule has 3 rings (SSSR count). The van der Waals surface area contributed by atoms with E-state index in [1.165, 1.54) is 17.5 Å². The fourth-order valence-corrected chi connectivity index (χ4v) is 2.65. The van der Waals surface area contributed by atoms with Gasteiger partial charge in [0.15, 0.2) is 5.96 Å². The van der Waals surface area contributed by atoms with Crippen molar-refractivity contribution in [2.45, 2.75) is 24.9 Å². The van der Waals surface area contributed by atoms with Crippen LogP contribution >= 0.6 is 24.0 Å². The predicted octanol–water partition coefficient (Wildman–Crippen LogP) is 3.87. The van der Waals surface area contributed by atoms with E-state index in [1.54, 1.807) is 0 Å². The summed E-state index contributed by atoms with van der Waals surface area (Å²) in [5.74, 6) is 1.58. The van der Waals surface area contributed by atoms with Crippen molar-refractivity contribution >= 4 is 29.9 Å². The third-order valence-electron chi connectivity index (χ3n) is 4.01. The molecule has 0 aliphatic heterocycles. The second-order valence-corrected chi connectivity index (χ2v) is 6.02. The summed E-state index contributed by atoms with van der Waals surface area (Å²) in [4.78, 5) is 6.79. The third-order valence-corrected chi connectivity index (χ3v) is 4.01. The van der Waals surface area contributed by atoms with Gasteiger partial charge in [0.25, 0.3) is 0 Å². The van der Waals surface area contributed by atoms with Gasteiger partial charge >= 0.3 is 0 Å². The molecule has 0 amide bonds. The lowest BCUT2D eigenvalue weighted by Crippen LogP contribution is -2.38. The van der Waals surface area contributed by atoms with Gasteiger partial charge in [-0.3, -0.25) is 0 Å². The summed E-state index contributed by atoms with van der Waals surface area (Å²) in [7, 11) is 4.08. The van der Waals surface area contributed by atoms with Crippen LogP contribution in [0.2, 0.25) is 0 Å². The van der Waals surface area contributed by atoms with Crippen LogP contribution in [-0.4, -0.2) is 31.0 Å². The number of hydrogen-bond acceptors (Lipinski definition) is 1. The maximum absolute atomic E-state index is 4.73. The van der Waals surface area contributed by atoms with Crippen LogP contribution in [0.5, 0.6) is 0 Å². The third kappa shape index (κ3) is 4.96. The first-order valence-corrected chi connectivity index (χ1v) is 7.81. The quantitative estimate of drug-likeness (QED) is 0.461. The van der Waals surface area contributed by atoms with E-state index in [1.807, 2.05) is 20.2 Å². The van der Waals surface area contributed by atoms with Gasteiger partial charge in [0.2, 0.25) is 0 Å². The summed E-state index contributed by atoms with van der Waals surface area (Å²) < 4.78 is 0. The SMILES string of the molecule is CN(C)C(=NCc1ccccc1)NC1CC1c1ccccc1.I. The van der Waals surface area contributed by atoms with Gasteiger partial charge in [0, 0.05) is 26.1 Å². The van der Waals surface area contributed by atoms with E-state index in [0.29, 0.717) is 18.5 Å². The van der Waals surface area contributed by atoms with Crippen molar-refractivity contribution in [2.75, 3.05) is 14.1 Å². The highest BCUT2D eigenvalue weighted by atomic mass is 127. The Hall–Kier alpha value is -1.56. The molecule has 0 heterocycles. The minimum atomic E-state index is 0. The molecular formula is C19H24IN3. The molecule has 2 atom stereocenters. The van der Waals surface area contributed by atoms with Crippen molar-refractivity contribution in [1.29, 1.82) is 0 Å². The maximum Gasteiger partial charge on any atom is 0.193 e. The monoisotopic (exact) mass is 421 g/mol. The number of halogens is 1. The fraction of sp³-hybridized carbons (Fsp3) is 0.316. The molecule has 3 nitrogen and oxygen atoms in total. The molecule has 2 unspecified atom stereocenters. The lowest BCUT2D eigenvalue weighted by atomic mass is 10.1. The molecule has 1 saturated carbocycles. The van der Waals surface area contributed by atoms with Crippen LogP contribution in [0.15, 0.2) is 65.7 Å². The molecule has 0 radical (unpaired) electrons. The molecule has 2 aromatic rings. The van der Waals surface area contributed by atoms with E-state index < -0.39 is 0 Å². The molecule has 1 fully saturated rings. The van der Waals surface area contributed by atoms with Gasteiger partial charge in [-0.1, -0.05) is 60.7 Å². The Kier molecular flexibility index (Phi) is 6.45. The molecule has 1 N–H and O–H groups in total. The zero-order valence-corrected chi connectivity index (χ0v) is 16.0. The number of rotatable bonds is 4. The number of guanidine groups is 1. The van der Waals surface area contributed by atoms with Crippen molar-refractivity contribution in [3.05, 3.63) is 71.8 Å². The van der Waals surface area contributed by atoms with Crippen molar-refractivity contribution < 1.29 is 0 Å². The van der Waals surface area contributed by atoms with Gasteiger partial charge in [-0.15, -0.1) is 24.0 Å². The molecular weight excluding hydrogens is 397 g/mol. The largest absolute Gasteiger partial charge is 0.353 e. The minimum absolute atomic E-state index is 0. The number of nitrogens with one attached hydrogen (secondary N) is 1. The molecule has 2 aromatic carbocycles. The minimum Gasteiger partial charge on any atom is -0.353 e. The molecule has 4 heteroatoms. The summed E-state index contributed by atoms with van der Waals surface area (Å²) in [6, 6.07) is 21.6. The average molecular weight is 421 g/mol. The van der Waals surface area contributed by atoms with Crippen molar-refractivity contribution in [3.63, 3.8) is 0 Å². The van der Waals surface area contributed by atoms with Crippen LogP contribution in [0.3, 0.4) is 0 Å². The van der Waals surface area contributed by atoms with E-state index in [4.69, 9.17) is 4.99 Å². The van der Waals surface area contributed by atoms with E-state index in [2.05, 4.69) is 64.8 Å². The molecule has 1 aliphatic carbocycles. The Morgan fingerprint density at radius 2 is 1.65 bits per heavy atom. The van der Waals surface area contributed by atoms with E-state index >= 15 is 0 Å². The Morgan fingerprint density at radius 1 is 1.04 bits per heavy atom. The molecule has 0 saturated heterocycles. The summed E-state index contributed by atoms with van der Waals surface area (Å²) in [6.45, 7) is 0.712. The van der Waals surface area contributed by atoms with Gasteiger partial charge in [0.05, 0.1) is 6.54 Å². The second-order valence-electron chi connectivity index (χ2n) is 6.02. The van der Waals surface area contributed by atoms with Crippen LogP contribution in [0.4, 0.5) is 0 Å². The molecule has 0 spiro atoms. The highest BCUT2D eigenvalue weighted by Crippen LogP contribution is 2.40. The smallest absolute Gasteiger partial charge is 0.193 e. The Labute approximate surface area is 155 Å². The second kappa shape index (κ2) is 8.34. The van der Waals surface area contributed by atoms with Gasteiger partial charge in [0.1, 0.15) is 0 Å². The lowest BCUT2D eigenvalue weighted by Gasteiger charge is -2.18. The predicted molar refractivity (Wildman–Crippen MR) is 107 cm³/mol. The van der Waals surface area contributed by atoms with Crippen LogP contribution in [0, 0.1) is 0 Å². The number of aliphatic imine (C=N–C) groups is 1. The maximum atomic E-state index is 4.73. The summed E-state index contributed by atoms with van der Waals surface area (Å²) in [5.41, 5.74) is 2.65. The molecule has 1 aliphatic rings. The number of benzene rings is 2. The first kappa shape index (κ1) is 17.8. The highest BCUT2D eigenvalue weighted by Gasteiger charge is 2.39. The van der Waals surface area contributed by atoms with Gasteiger partial charge in [-0.25, -0.2) is 4.99 Å². The summed E-state index contributed by atoms with van der Waals surface area (Å²) in [5, 5.41) is 3.59. The molecule has 122 valence electrons. The van der Waals surface area contributed by atoms with Gasteiger partial charge in [-0.05, 0) is 17.5 Å². The van der Waals surface area contributed by atoms with Crippen LogP contribution in [0.1, 0.15) is 23.5 Å². The topological polar surface area (TPSA) is 27.6 Å². The van der Waals surface area contributed by atoms with Crippen LogP contribution < -0.4 is 5.32 Å².